The lowest BCUT2D eigenvalue weighted by molar-refractivity contribution is 0.388. The molecule has 1 aromatic heterocycles. The number of hydrogen-bond donors (Lipinski definition) is 3. The van der Waals surface area contributed by atoms with Crippen molar-refractivity contribution >= 4 is 50.6 Å². The Bertz CT molecular complexity index is 885. The summed E-state index contributed by atoms with van der Waals surface area (Å²) in [5.74, 6) is 2.62. The summed E-state index contributed by atoms with van der Waals surface area (Å²) in [7, 11) is 3.99. The number of halogens is 1. The first-order valence-electron chi connectivity index (χ1n) is 10.3. The molecule has 8 heteroatoms. The second-order valence-corrected chi connectivity index (χ2v) is 9.58. The van der Waals surface area contributed by atoms with Gasteiger partial charge in [0.2, 0.25) is 0 Å². The number of thiocarbonyl (C=S) groups is 1. The largest absolute Gasteiger partial charge is 0.367 e. The highest BCUT2D eigenvalue weighted by Gasteiger charge is 2.22. The average Bonchev–Trinajstić information content (AvgIpc) is 2.66. The van der Waals surface area contributed by atoms with Gasteiger partial charge in [-0.25, -0.2) is 9.97 Å². The number of nitrogens with one attached hydrogen (secondary N) is 3. The molecule has 3 rings (SSSR count). The maximum atomic E-state index is 5.59. The zero-order valence-corrected chi connectivity index (χ0v) is 20.7. The molecule has 1 aliphatic carbocycles. The van der Waals surface area contributed by atoms with Crippen LogP contribution in [0.3, 0.4) is 0 Å². The van der Waals surface area contributed by atoms with E-state index in [1.165, 1.54) is 11.1 Å². The molecule has 162 valence electrons. The Morgan fingerprint density at radius 3 is 2.20 bits per heavy atom. The Labute approximate surface area is 193 Å². The van der Waals surface area contributed by atoms with Crippen LogP contribution in [0.5, 0.6) is 0 Å². The predicted molar refractivity (Wildman–Crippen MR) is 134 cm³/mol. The van der Waals surface area contributed by atoms with Gasteiger partial charge in [0.05, 0.1) is 0 Å². The highest BCUT2D eigenvalue weighted by Crippen LogP contribution is 2.26. The smallest absolute Gasteiger partial charge is 0.171 e. The van der Waals surface area contributed by atoms with Crippen molar-refractivity contribution in [2.75, 3.05) is 29.6 Å². The molecule has 0 amide bonds. The second kappa shape index (κ2) is 9.92. The molecular formula is C22H31BrN6S. The first kappa shape index (κ1) is 22.7. The third kappa shape index (κ3) is 6.04. The van der Waals surface area contributed by atoms with Gasteiger partial charge in [0, 0.05) is 42.4 Å². The summed E-state index contributed by atoms with van der Waals surface area (Å²) in [5, 5.41) is 11.2. The van der Waals surface area contributed by atoms with E-state index in [2.05, 4.69) is 67.8 Å². The molecule has 1 fully saturated rings. The van der Waals surface area contributed by atoms with Crippen LogP contribution in [0.1, 0.15) is 42.6 Å². The van der Waals surface area contributed by atoms with Crippen molar-refractivity contribution in [2.24, 2.45) is 0 Å². The van der Waals surface area contributed by atoms with Crippen molar-refractivity contribution in [3.05, 3.63) is 39.6 Å². The zero-order chi connectivity index (χ0) is 21.8. The van der Waals surface area contributed by atoms with E-state index in [4.69, 9.17) is 12.2 Å². The van der Waals surface area contributed by atoms with E-state index >= 15 is 0 Å². The highest BCUT2D eigenvalue weighted by atomic mass is 79.9. The van der Waals surface area contributed by atoms with E-state index in [0.717, 1.165) is 53.3 Å². The summed E-state index contributed by atoms with van der Waals surface area (Å²) >= 11 is 9.13. The number of nitrogens with zero attached hydrogens (tertiary/aromatic N) is 3. The van der Waals surface area contributed by atoms with E-state index in [-0.39, 0.29) is 0 Å². The molecule has 1 heterocycles. The normalized spacial score (nSPS) is 18.6. The highest BCUT2D eigenvalue weighted by molar-refractivity contribution is 9.10. The van der Waals surface area contributed by atoms with Crippen LogP contribution < -0.4 is 20.9 Å². The minimum absolute atomic E-state index is 0.392. The molecule has 1 aliphatic rings. The molecule has 0 unspecified atom stereocenters. The van der Waals surface area contributed by atoms with E-state index in [0.29, 0.717) is 17.2 Å². The maximum absolute atomic E-state index is 5.59. The van der Waals surface area contributed by atoms with Crippen molar-refractivity contribution in [3.8, 4) is 0 Å². The molecule has 0 aliphatic heterocycles. The Balaban J connectivity index is 1.51. The summed E-state index contributed by atoms with van der Waals surface area (Å²) < 4.78 is 1.09. The van der Waals surface area contributed by atoms with Gasteiger partial charge in [-0.1, -0.05) is 15.9 Å². The Hall–Kier alpha value is -1.93. The fourth-order valence-corrected chi connectivity index (χ4v) is 4.84. The molecule has 30 heavy (non-hydrogen) atoms. The van der Waals surface area contributed by atoms with Gasteiger partial charge in [0.1, 0.15) is 17.5 Å². The fourth-order valence-electron chi connectivity index (χ4n) is 3.89. The summed E-state index contributed by atoms with van der Waals surface area (Å²) in [6.07, 6.45) is 4.30. The maximum Gasteiger partial charge on any atom is 0.171 e. The number of rotatable bonds is 5. The molecule has 3 N–H and O–H groups in total. The van der Waals surface area contributed by atoms with Crippen LogP contribution in [0.2, 0.25) is 0 Å². The number of aryl methyl sites for hydroxylation is 3. The Morgan fingerprint density at radius 2 is 1.60 bits per heavy atom. The van der Waals surface area contributed by atoms with Crippen molar-refractivity contribution in [2.45, 2.75) is 58.5 Å². The lowest BCUT2D eigenvalue weighted by Gasteiger charge is -2.31. The molecule has 1 saturated carbocycles. The van der Waals surface area contributed by atoms with Crippen LogP contribution in [0.25, 0.3) is 0 Å². The van der Waals surface area contributed by atoms with Gasteiger partial charge >= 0.3 is 0 Å². The molecule has 0 radical (unpaired) electrons. The van der Waals surface area contributed by atoms with Gasteiger partial charge < -0.3 is 20.9 Å². The quantitative estimate of drug-likeness (QED) is 0.512. The monoisotopic (exact) mass is 490 g/mol. The number of aromatic nitrogens is 2. The van der Waals surface area contributed by atoms with Crippen molar-refractivity contribution < 1.29 is 0 Å². The van der Waals surface area contributed by atoms with Gasteiger partial charge in [-0.2, -0.15) is 0 Å². The molecule has 6 nitrogen and oxygen atoms in total. The molecule has 2 aromatic rings. The number of benzene rings is 1. The first-order valence-corrected chi connectivity index (χ1v) is 11.5. The van der Waals surface area contributed by atoms with Crippen LogP contribution in [0.4, 0.5) is 17.3 Å². The third-order valence-corrected chi connectivity index (χ3v) is 6.11. The Kier molecular flexibility index (Phi) is 7.52. The molecule has 1 aromatic carbocycles. The minimum atomic E-state index is 0.392. The van der Waals surface area contributed by atoms with Crippen LogP contribution in [-0.2, 0) is 0 Å². The first-order chi connectivity index (χ1) is 14.2. The van der Waals surface area contributed by atoms with Crippen molar-refractivity contribution in [1.82, 2.24) is 15.3 Å². The summed E-state index contributed by atoms with van der Waals surface area (Å²) in [5.41, 5.74) is 3.44. The van der Waals surface area contributed by atoms with Crippen LogP contribution in [-0.4, -0.2) is 41.3 Å². The average molecular weight is 492 g/mol. The van der Waals surface area contributed by atoms with E-state index in [1.807, 2.05) is 32.0 Å². The molecular weight excluding hydrogens is 460 g/mol. The van der Waals surface area contributed by atoms with E-state index < -0.39 is 0 Å². The van der Waals surface area contributed by atoms with Gasteiger partial charge in [-0.15, -0.1) is 0 Å². The standard InChI is InChI=1S/C22H31BrN6S/c1-13-10-16(23)11-14(2)21(13)28-22(30)27-18-8-6-17(7-9-18)26-19-12-20(29(4)5)25-15(3)24-19/h10-12,17-18H,6-9H2,1-5H3,(H,24,25,26)(H2,27,28,30). The lowest BCUT2D eigenvalue weighted by atomic mass is 9.91. The fraction of sp³-hybridized carbons (Fsp3) is 0.500. The second-order valence-electron chi connectivity index (χ2n) is 8.26. The third-order valence-electron chi connectivity index (χ3n) is 5.43. The van der Waals surface area contributed by atoms with Crippen LogP contribution in [0.15, 0.2) is 22.7 Å². The van der Waals surface area contributed by atoms with Crippen LogP contribution in [0, 0.1) is 20.8 Å². The molecule has 0 atom stereocenters. The lowest BCUT2D eigenvalue weighted by Crippen LogP contribution is -2.42. The number of anilines is 3. The van der Waals surface area contributed by atoms with Gasteiger partial charge in [0.15, 0.2) is 5.11 Å². The SMILES string of the molecule is Cc1nc(NC2CCC(NC(=S)Nc3c(C)cc(Br)cc3C)CC2)cc(N(C)C)n1. The number of hydrogen-bond acceptors (Lipinski definition) is 5. The van der Waals surface area contributed by atoms with Crippen molar-refractivity contribution in [1.29, 1.82) is 0 Å². The Morgan fingerprint density at radius 1 is 1.00 bits per heavy atom. The summed E-state index contributed by atoms with van der Waals surface area (Å²) in [6, 6.07) is 7.03. The topological polar surface area (TPSA) is 65.1 Å². The molecule has 0 spiro atoms. The van der Waals surface area contributed by atoms with Crippen LogP contribution >= 0.6 is 28.1 Å². The predicted octanol–water partition coefficient (Wildman–Crippen LogP) is 4.94. The van der Waals surface area contributed by atoms with Gasteiger partial charge in [-0.3, -0.25) is 0 Å². The van der Waals surface area contributed by atoms with E-state index in [9.17, 15) is 0 Å². The summed E-state index contributed by atoms with van der Waals surface area (Å²) in [6.45, 7) is 6.12. The van der Waals surface area contributed by atoms with Gasteiger partial charge in [-0.05, 0) is 81.9 Å². The van der Waals surface area contributed by atoms with Crippen molar-refractivity contribution in [3.63, 3.8) is 0 Å². The molecule has 0 bridgehead atoms. The summed E-state index contributed by atoms with van der Waals surface area (Å²) in [4.78, 5) is 11.0. The minimum Gasteiger partial charge on any atom is -0.367 e. The molecule has 0 saturated heterocycles. The zero-order valence-electron chi connectivity index (χ0n) is 18.3. The van der Waals surface area contributed by atoms with E-state index in [1.54, 1.807) is 0 Å². The van der Waals surface area contributed by atoms with Gasteiger partial charge in [0.25, 0.3) is 0 Å².